The lowest BCUT2D eigenvalue weighted by Gasteiger charge is -2.06. The summed E-state index contributed by atoms with van der Waals surface area (Å²) in [4.78, 5) is 0. The van der Waals surface area contributed by atoms with Crippen molar-refractivity contribution in [3.05, 3.63) is 0 Å². The lowest BCUT2D eigenvalue weighted by Crippen LogP contribution is -1.94. The summed E-state index contributed by atoms with van der Waals surface area (Å²) < 4.78 is 0. The minimum Gasteiger partial charge on any atom is -0.0925 e. The van der Waals surface area contributed by atoms with Crippen LogP contribution in [-0.2, 0) is 0 Å². The van der Waals surface area contributed by atoms with Crippen LogP contribution < -0.4 is 0 Å². The van der Waals surface area contributed by atoms with Gasteiger partial charge in [0.05, 0.1) is 0 Å². The molecular formula is C12H25Br. The van der Waals surface area contributed by atoms with Crippen molar-refractivity contribution in [1.82, 2.24) is 0 Å². The summed E-state index contributed by atoms with van der Waals surface area (Å²) in [5, 5.41) is 1.17. The molecule has 0 radical (unpaired) electrons. The average molecular weight is 249 g/mol. The van der Waals surface area contributed by atoms with Gasteiger partial charge in [0.1, 0.15) is 0 Å². The van der Waals surface area contributed by atoms with Gasteiger partial charge in [0.25, 0.3) is 0 Å². The first kappa shape index (κ1) is 13.5. The van der Waals surface area contributed by atoms with E-state index in [1.54, 1.807) is 0 Å². The van der Waals surface area contributed by atoms with E-state index >= 15 is 0 Å². The first-order valence-electron chi connectivity index (χ1n) is 5.87. The van der Waals surface area contributed by atoms with Crippen molar-refractivity contribution >= 4 is 15.9 Å². The van der Waals surface area contributed by atoms with E-state index < -0.39 is 0 Å². The minimum absolute atomic E-state index is 0.871. The fourth-order valence-corrected chi connectivity index (χ4v) is 1.85. The number of unbranched alkanes of at least 4 members (excludes halogenated alkanes) is 6. The van der Waals surface area contributed by atoms with Crippen LogP contribution in [0.25, 0.3) is 0 Å². The Labute approximate surface area is 92.6 Å². The highest BCUT2D eigenvalue weighted by Crippen LogP contribution is 2.13. The molecule has 0 aliphatic heterocycles. The Morgan fingerprint density at radius 1 is 0.923 bits per heavy atom. The summed E-state index contributed by atoms with van der Waals surface area (Å²) >= 11 is 3.52. The van der Waals surface area contributed by atoms with Gasteiger partial charge in [-0.15, -0.1) is 0 Å². The Morgan fingerprint density at radius 2 is 1.46 bits per heavy atom. The van der Waals surface area contributed by atoms with Crippen molar-refractivity contribution in [3.8, 4) is 0 Å². The van der Waals surface area contributed by atoms with Crippen LogP contribution in [0.15, 0.2) is 0 Å². The van der Waals surface area contributed by atoms with Gasteiger partial charge in [0, 0.05) is 5.33 Å². The molecule has 0 saturated heterocycles. The Morgan fingerprint density at radius 3 is 2.00 bits per heavy atom. The summed E-state index contributed by atoms with van der Waals surface area (Å²) in [6, 6.07) is 0. The molecule has 0 N–H and O–H groups in total. The van der Waals surface area contributed by atoms with Crippen LogP contribution in [0.3, 0.4) is 0 Å². The zero-order chi connectivity index (χ0) is 9.94. The maximum Gasteiger partial charge on any atom is 0.00570 e. The molecule has 0 aromatic rings. The Balaban J connectivity index is 2.91. The average Bonchev–Trinajstić information content (AvgIpc) is 2.16. The monoisotopic (exact) mass is 248 g/mol. The van der Waals surface area contributed by atoms with Crippen molar-refractivity contribution in [2.24, 2.45) is 5.92 Å². The van der Waals surface area contributed by atoms with Crippen LogP contribution in [0.2, 0.25) is 0 Å². The highest BCUT2D eigenvalue weighted by atomic mass is 79.9. The quantitative estimate of drug-likeness (QED) is 0.391. The van der Waals surface area contributed by atoms with Crippen LogP contribution in [-0.4, -0.2) is 5.33 Å². The molecule has 1 atom stereocenters. The van der Waals surface area contributed by atoms with E-state index in [0.29, 0.717) is 0 Å². The maximum atomic E-state index is 3.52. The van der Waals surface area contributed by atoms with Crippen LogP contribution in [0, 0.1) is 5.92 Å². The lowest BCUT2D eigenvalue weighted by atomic mass is 10.0. The number of halogens is 1. The number of rotatable bonds is 9. The molecule has 0 fully saturated rings. The van der Waals surface area contributed by atoms with Gasteiger partial charge in [0.15, 0.2) is 0 Å². The van der Waals surface area contributed by atoms with Crippen molar-refractivity contribution in [1.29, 1.82) is 0 Å². The van der Waals surface area contributed by atoms with Crippen molar-refractivity contribution in [2.45, 2.75) is 65.2 Å². The van der Waals surface area contributed by atoms with E-state index in [1.165, 1.54) is 56.7 Å². The van der Waals surface area contributed by atoms with Crippen molar-refractivity contribution < 1.29 is 0 Å². The third-order valence-corrected chi connectivity index (χ3v) is 3.67. The third kappa shape index (κ3) is 10.4. The summed E-state index contributed by atoms with van der Waals surface area (Å²) in [6.45, 7) is 4.60. The molecule has 0 aromatic heterocycles. The Kier molecular flexibility index (Phi) is 11.0. The molecule has 1 heteroatoms. The minimum atomic E-state index is 0.871. The second-order valence-corrected chi connectivity index (χ2v) is 4.82. The number of hydrogen-bond acceptors (Lipinski definition) is 0. The molecule has 0 saturated carbocycles. The molecule has 0 bridgehead atoms. The van der Waals surface area contributed by atoms with Gasteiger partial charge in [0.2, 0.25) is 0 Å². The van der Waals surface area contributed by atoms with Gasteiger partial charge in [-0.25, -0.2) is 0 Å². The predicted molar refractivity (Wildman–Crippen MR) is 65.6 cm³/mol. The zero-order valence-electron chi connectivity index (χ0n) is 9.32. The molecule has 13 heavy (non-hydrogen) atoms. The van der Waals surface area contributed by atoms with Gasteiger partial charge in [-0.3, -0.25) is 0 Å². The van der Waals surface area contributed by atoms with Crippen LogP contribution in [0.5, 0.6) is 0 Å². The fraction of sp³-hybridized carbons (Fsp3) is 1.00. The molecule has 0 spiro atoms. The standard InChI is InChI=1S/C12H25Br/c1-3-4-5-6-7-8-9-10-12(2)11-13/h12H,3-11H2,1-2H3. The summed E-state index contributed by atoms with van der Waals surface area (Å²) in [5.74, 6) is 0.871. The normalized spacial score (nSPS) is 13.2. The molecular weight excluding hydrogens is 224 g/mol. The molecule has 1 unspecified atom stereocenters. The highest BCUT2D eigenvalue weighted by Gasteiger charge is 1.98. The Bertz CT molecular complexity index is 91.1. The largest absolute Gasteiger partial charge is 0.0925 e. The number of alkyl halides is 1. The Hall–Kier alpha value is 0.480. The zero-order valence-corrected chi connectivity index (χ0v) is 10.9. The van der Waals surface area contributed by atoms with Gasteiger partial charge >= 0.3 is 0 Å². The van der Waals surface area contributed by atoms with Crippen molar-refractivity contribution in [2.75, 3.05) is 5.33 Å². The molecule has 0 heterocycles. The first-order valence-corrected chi connectivity index (χ1v) is 6.99. The van der Waals surface area contributed by atoms with E-state index in [9.17, 15) is 0 Å². The summed E-state index contributed by atoms with van der Waals surface area (Å²) in [7, 11) is 0. The third-order valence-electron chi connectivity index (χ3n) is 2.56. The smallest absolute Gasteiger partial charge is 0.00570 e. The molecule has 0 nitrogen and oxygen atoms in total. The molecule has 0 aliphatic rings. The maximum absolute atomic E-state index is 3.52. The second-order valence-electron chi connectivity index (χ2n) is 4.17. The van der Waals surface area contributed by atoms with E-state index in [1.807, 2.05) is 0 Å². The fourth-order valence-electron chi connectivity index (χ4n) is 1.53. The van der Waals surface area contributed by atoms with Crippen molar-refractivity contribution in [3.63, 3.8) is 0 Å². The molecule has 0 aliphatic carbocycles. The van der Waals surface area contributed by atoms with E-state index in [-0.39, 0.29) is 0 Å². The molecule has 0 aromatic carbocycles. The predicted octanol–water partition coefficient (Wildman–Crippen LogP) is 5.16. The van der Waals surface area contributed by atoms with Gasteiger partial charge in [-0.05, 0) is 12.3 Å². The summed E-state index contributed by atoms with van der Waals surface area (Å²) in [5.41, 5.74) is 0. The van der Waals surface area contributed by atoms with Crippen LogP contribution in [0.4, 0.5) is 0 Å². The van der Waals surface area contributed by atoms with E-state index in [0.717, 1.165) is 5.92 Å². The molecule has 80 valence electrons. The van der Waals surface area contributed by atoms with E-state index in [4.69, 9.17) is 0 Å². The number of hydrogen-bond donors (Lipinski definition) is 0. The van der Waals surface area contributed by atoms with E-state index in [2.05, 4.69) is 29.8 Å². The molecule has 0 amide bonds. The SMILES string of the molecule is CCCCCCCCCC(C)CBr. The van der Waals surface area contributed by atoms with Gasteiger partial charge in [-0.2, -0.15) is 0 Å². The summed E-state index contributed by atoms with van der Waals surface area (Å²) in [6.07, 6.45) is 11.4. The first-order chi connectivity index (χ1) is 6.31. The van der Waals surface area contributed by atoms with Crippen LogP contribution in [0.1, 0.15) is 65.2 Å². The highest BCUT2D eigenvalue weighted by molar-refractivity contribution is 9.09. The second kappa shape index (κ2) is 10.6. The topological polar surface area (TPSA) is 0 Å². The molecule has 0 rings (SSSR count). The lowest BCUT2D eigenvalue weighted by molar-refractivity contribution is 0.517. The van der Waals surface area contributed by atoms with Gasteiger partial charge in [-0.1, -0.05) is 74.7 Å². The van der Waals surface area contributed by atoms with Crippen LogP contribution >= 0.6 is 15.9 Å². The van der Waals surface area contributed by atoms with Gasteiger partial charge < -0.3 is 0 Å².